The van der Waals surface area contributed by atoms with Gasteiger partial charge in [0.15, 0.2) is 0 Å². The van der Waals surface area contributed by atoms with Crippen LogP contribution in [0.5, 0.6) is 0 Å². The molecule has 7 heteroatoms. The third-order valence-electron chi connectivity index (χ3n) is 4.59. The maximum Gasteiger partial charge on any atom is 0.236 e. The lowest BCUT2D eigenvalue weighted by molar-refractivity contribution is -0.118. The summed E-state index contributed by atoms with van der Waals surface area (Å²) in [6, 6.07) is 10.6. The fourth-order valence-corrected chi connectivity index (χ4v) is 4.63. The molecule has 0 unspecified atom stereocenters. The quantitative estimate of drug-likeness (QED) is 0.778. The average molecular weight is 407 g/mol. The van der Waals surface area contributed by atoms with E-state index in [-0.39, 0.29) is 11.7 Å². The molecule has 1 N–H and O–H groups in total. The van der Waals surface area contributed by atoms with Crippen molar-refractivity contribution in [3.63, 3.8) is 0 Å². The lowest BCUT2D eigenvalue weighted by Crippen LogP contribution is -2.35. The van der Waals surface area contributed by atoms with Crippen LogP contribution in [0.2, 0.25) is 5.02 Å². The zero-order valence-corrected chi connectivity index (χ0v) is 17.0. The van der Waals surface area contributed by atoms with E-state index < -0.39 is 10.0 Å². The van der Waals surface area contributed by atoms with Gasteiger partial charge in [-0.25, -0.2) is 8.42 Å². The number of anilines is 2. The Hall–Kier alpha value is -2.05. The number of carbonyl (C=O) groups is 1. The average Bonchev–Trinajstić information content (AvgIpc) is 2.60. The fraction of sp³-hybridized carbons (Fsp3) is 0.350. The molecule has 0 radical (unpaired) electrons. The van der Waals surface area contributed by atoms with Crippen LogP contribution in [-0.4, -0.2) is 20.9 Å². The van der Waals surface area contributed by atoms with E-state index in [1.165, 1.54) is 0 Å². The van der Waals surface area contributed by atoms with Crippen LogP contribution in [0.15, 0.2) is 36.4 Å². The molecule has 1 aliphatic rings. The van der Waals surface area contributed by atoms with Gasteiger partial charge >= 0.3 is 0 Å². The second-order valence-electron chi connectivity index (χ2n) is 6.83. The number of hydrogen-bond acceptors (Lipinski definition) is 3. The number of nitrogens with zero attached hydrogens (tertiary/aromatic N) is 1. The van der Waals surface area contributed by atoms with Crippen molar-refractivity contribution in [2.24, 2.45) is 0 Å². The molecule has 27 heavy (non-hydrogen) atoms. The first-order valence-electron chi connectivity index (χ1n) is 8.98. The van der Waals surface area contributed by atoms with E-state index in [9.17, 15) is 13.2 Å². The number of sulfonamides is 1. The molecule has 0 saturated carbocycles. The molecule has 0 aliphatic carbocycles. The molecule has 1 amide bonds. The summed E-state index contributed by atoms with van der Waals surface area (Å²) in [5.41, 5.74) is 3.92. The van der Waals surface area contributed by atoms with Crippen molar-refractivity contribution in [3.05, 3.63) is 58.1 Å². The molecule has 0 atom stereocenters. The Morgan fingerprint density at radius 2 is 1.93 bits per heavy atom. The van der Waals surface area contributed by atoms with E-state index >= 15 is 0 Å². The molecule has 5 nitrogen and oxygen atoms in total. The number of aryl methyl sites for hydroxylation is 2. The van der Waals surface area contributed by atoms with Crippen molar-refractivity contribution in [2.45, 2.75) is 38.9 Å². The van der Waals surface area contributed by atoms with Crippen LogP contribution in [0, 0.1) is 6.92 Å². The molecule has 0 aromatic heterocycles. The highest BCUT2D eigenvalue weighted by atomic mass is 35.5. The lowest BCUT2D eigenvalue weighted by Gasteiger charge is -2.29. The largest absolute Gasteiger partial charge is 0.312 e. The molecule has 0 bridgehead atoms. The van der Waals surface area contributed by atoms with Gasteiger partial charge in [0.2, 0.25) is 15.9 Å². The SMILES string of the molecule is CCCN1C(=O)CCc2cc(NS(=O)(=O)Cc3ccc(C)c(Cl)c3)ccc21. The molecular weight excluding hydrogens is 384 g/mol. The highest BCUT2D eigenvalue weighted by molar-refractivity contribution is 7.91. The van der Waals surface area contributed by atoms with Crippen molar-refractivity contribution in [2.75, 3.05) is 16.2 Å². The molecule has 0 saturated heterocycles. The molecule has 2 aromatic carbocycles. The minimum Gasteiger partial charge on any atom is -0.312 e. The van der Waals surface area contributed by atoms with E-state index in [2.05, 4.69) is 4.72 Å². The second kappa shape index (κ2) is 7.90. The Labute approximate surface area is 165 Å². The molecule has 144 valence electrons. The maximum absolute atomic E-state index is 12.5. The Morgan fingerprint density at radius 1 is 1.15 bits per heavy atom. The molecule has 3 rings (SSSR count). The van der Waals surface area contributed by atoms with Crippen molar-refractivity contribution in [3.8, 4) is 0 Å². The van der Waals surface area contributed by atoms with Gasteiger partial charge in [0.25, 0.3) is 0 Å². The number of hydrogen-bond donors (Lipinski definition) is 1. The zero-order chi connectivity index (χ0) is 19.6. The van der Waals surface area contributed by atoms with Crippen LogP contribution in [0.25, 0.3) is 0 Å². The van der Waals surface area contributed by atoms with Gasteiger partial charge in [0, 0.05) is 29.4 Å². The summed E-state index contributed by atoms with van der Waals surface area (Å²) < 4.78 is 27.7. The number of fused-ring (bicyclic) bond motifs is 1. The topological polar surface area (TPSA) is 66.5 Å². The number of carbonyl (C=O) groups excluding carboxylic acids is 1. The Balaban J connectivity index is 1.79. The van der Waals surface area contributed by atoms with E-state index in [4.69, 9.17) is 11.6 Å². The Bertz CT molecular complexity index is 973. The van der Waals surface area contributed by atoms with Crippen LogP contribution in [-0.2, 0) is 27.0 Å². The van der Waals surface area contributed by atoms with Gasteiger partial charge in [-0.1, -0.05) is 30.7 Å². The maximum atomic E-state index is 12.5. The highest BCUT2D eigenvalue weighted by Gasteiger charge is 2.24. The predicted molar refractivity (Wildman–Crippen MR) is 110 cm³/mol. The molecular formula is C20H23ClN2O3S. The zero-order valence-electron chi connectivity index (χ0n) is 15.5. The van der Waals surface area contributed by atoms with Crippen LogP contribution in [0.4, 0.5) is 11.4 Å². The fourth-order valence-electron chi connectivity index (χ4n) is 3.25. The Morgan fingerprint density at radius 3 is 2.63 bits per heavy atom. The predicted octanol–water partition coefficient (Wildman–Crippen LogP) is 4.28. The van der Waals surface area contributed by atoms with Crippen molar-refractivity contribution >= 4 is 38.9 Å². The van der Waals surface area contributed by atoms with E-state index in [0.29, 0.717) is 35.7 Å². The minimum atomic E-state index is -3.57. The number of halogens is 1. The lowest BCUT2D eigenvalue weighted by atomic mass is 10.0. The van der Waals surface area contributed by atoms with Crippen LogP contribution in [0.3, 0.4) is 0 Å². The first-order valence-corrected chi connectivity index (χ1v) is 11.0. The first-order chi connectivity index (χ1) is 12.8. The van der Waals surface area contributed by atoms with Crippen molar-refractivity contribution in [1.29, 1.82) is 0 Å². The van der Waals surface area contributed by atoms with E-state index in [1.807, 2.05) is 32.0 Å². The molecule has 1 heterocycles. The molecule has 1 aliphatic heterocycles. The monoisotopic (exact) mass is 406 g/mol. The summed E-state index contributed by atoms with van der Waals surface area (Å²) in [6.07, 6.45) is 1.95. The van der Waals surface area contributed by atoms with Gasteiger partial charge in [-0.15, -0.1) is 0 Å². The van der Waals surface area contributed by atoms with Crippen LogP contribution in [0.1, 0.15) is 36.5 Å². The summed E-state index contributed by atoms with van der Waals surface area (Å²) >= 11 is 6.09. The number of rotatable bonds is 6. The van der Waals surface area contributed by atoms with Crippen LogP contribution < -0.4 is 9.62 Å². The first kappa shape index (κ1) is 19.7. The van der Waals surface area contributed by atoms with Crippen molar-refractivity contribution in [1.82, 2.24) is 0 Å². The molecule has 2 aromatic rings. The third kappa shape index (κ3) is 4.62. The standard InChI is InChI=1S/C20H23ClN2O3S/c1-3-10-23-19-8-7-17(12-16(19)6-9-20(23)24)22-27(25,26)13-15-5-4-14(2)18(21)11-15/h4-5,7-8,11-12,22H,3,6,9-10,13H2,1-2H3. The number of nitrogens with one attached hydrogen (secondary N) is 1. The summed E-state index contributed by atoms with van der Waals surface area (Å²) in [6.45, 7) is 4.57. The summed E-state index contributed by atoms with van der Waals surface area (Å²) in [5, 5.41) is 0.553. The highest BCUT2D eigenvalue weighted by Crippen LogP contribution is 2.31. The van der Waals surface area contributed by atoms with Crippen LogP contribution >= 0.6 is 11.6 Å². The molecule has 0 fully saturated rings. The van der Waals surface area contributed by atoms with Crippen molar-refractivity contribution < 1.29 is 13.2 Å². The van der Waals surface area contributed by atoms with Gasteiger partial charge in [-0.3, -0.25) is 9.52 Å². The summed E-state index contributed by atoms with van der Waals surface area (Å²) in [5.74, 6) is -0.0289. The normalized spacial score (nSPS) is 14.2. The van der Waals surface area contributed by atoms with Gasteiger partial charge in [-0.2, -0.15) is 0 Å². The van der Waals surface area contributed by atoms with Gasteiger partial charge in [0.1, 0.15) is 0 Å². The molecule has 0 spiro atoms. The third-order valence-corrected chi connectivity index (χ3v) is 6.26. The van der Waals surface area contributed by atoms with E-state index in [0.717, 1.165) is 23.2 Å². The number of amides is 1. The van der Waals surface area contributed by atoms with E-state index in [1.54, 1.807) is 23.1 Å². The smallest absolute Gasteiger partial charge is 0.236 e. The van der Waals surface area contributed by atoms with Gasteiger partial charge in [-0.05, 0) is 60.7 Å². The van der Waals surface area contributed by atoms with Gasteiger partial charge in [0.05, 0.1) is 5.75 Å². The summed E-state index contributed by atoms with van der Waals surface area (Å²) in [4.78, 5) is 13.9. The Kier molecular flexibility index (Phi) is 5.77. The summed E-state index contributed by atoms with van der Waals surface area (Å²) in [7, 11) is -3.57. The van der Waals surface area contributed by atoms with Gasteiger partial charge < -0.3 is 4.90 Å². The second-order valence-corrected chi connectivity index (χ2v) is 8.96. The number of benzene rings is 2. The minimum absolute atomic E-state index is 0.119.